The van der Waals surface area contributed by atoms with Crippen molar-refractivity contribution in [3.8, 4) is 0 Å². The van der Waals surface area contributed by atoms with E-state index in [1.807, 2.05) is 13.8 Å². The molecule has 9 heteroatoms. The van der Waals surface area contributed by atoms with Crippen molar-refractivity contribution in [1.29, 1.82) is 0 Å². The molecule has 0 spiro atoms. The lowest BCUT2D eigenvalue weighted by Crippen LogP contribution is -3.13. The zero-order valence-electron chi connectivity index (χ0n) is 15.8. The van der Waals surface area contributed by atoms with Crippen LogP contribution in [0.15, 0.2) is 27.9 Å². The lowest BCUT2D eigenvalue weighted by atomic mass is 10.2. The Kier molecular flexibility index (Phi) is 4.86. The summed E-state index contributed by atoms with van der Waals surface area (Å²) in [6, 6.07) is 2.91. The molecule has 0 unspecified atom stereocenters. The summed E-state index contributed by atoms with van der Waals surface area (Å²) in [5, 5.41) is 0.692. The number of nitrogens with zero attached hydrogens (tertiary/aromatic N) is 2. The quantitative estimate of drug-likeness (QED) is 0.568. The maximum Gasteiger partial charge on any atom is 0.260 e. The van der Waals surface area contributed by atoms with Crippen molar-refractivity contribution in [3.63, 3.8) is 0 Å². The molecule has 0 atom stereocenters. The van der Waals surface area contributed by atoms with Crippen LogP contribution in [-0.2, 0) is 6.54 Å². The van der Waals surface area contributed by atoms with Gasteiger partial charge in [0.05, 0.1) is 37.1 Å². The van der Waals surface area contributed by atoms with E-state index in [2.05, 4.69) is 15.0 Å². The minimum Gasteiger partial charge on any atom is -0.328 e. The van der Waals surface area contributed by atoms with Crippen LogP contribution in [0.1, 0.15) is 26.6 Å². The van der Waals surface area contributed by atoms with Gasteiger partial charge in [0.1, 0.15) is 11.4 Å². The van der Waals surface area contributed by atoms with E-state index >= 15 is 0 Å². The molecule has 1 aliphatic rings. The first kappa shape index (κ1) is 18.6. The molecule has 4 rings (SSSR count). The number of aromatic nitrogens is 3. The number of nitrogens with one attached hydrogen (secondary N) is 3. The molecule has 0 aromatic carbocycles. The van der Waals surface area contributed by atoms with Gasteiger partial charge in [0, 0.05) is 17.1 Å². The Morgan fingerprint density at radius 2 is 2.00 bits per heavy atom. The second-order valence-electron chi connectivity index (χ2n) is 7.14. The van der Waals surface area contributed by atoms with Crippen molar-refractivity contribution >= 4 is 27.5 Å². The number of thiophene rings is 1. The molecule has 146 valence electrons. The number of pyridine rings is 1. The second kappa shape index (κ2) is 7.33. The van der Waals surface area contributed by atoms with Gasteiger partial charge in [-0.15, -0.1) is 11.3 Å². The third-order valence-electron chi connectivity index (χ3n) is 5.29. The van der Waals surface area contributed by atoms with Gasteiger partial charge in [-0.05, 0) is 25.5 Å². The minimum atomic E-state index is -0.222. The molecule has 8 nitrogen and oxygen atoms in total. The largest absolute Gasteiger partial charge is 0.328 e. The predicted octanol–water partition coefficient (Wildman–Crippen LogP) is -0.169. The summed E-state index contributed by atoms with van der Waals surface area (Å²) in [6.07, 6.45) is 1.46. The fourth-order valence-electron chi connectivity index (χ4n) is 3.55. The summed E-state index contributed by atoms with van der Waals surface area (Å²) in [5.74, 6) is 0.613. The molecule has 0 aliphatic carbocycles. The Labute approximate surface area is 164 Å². The van der Waals surface area contributed by atoms with E-state index in [1.165, 1.54) is 17.2 Å². The van der Waals surface area contributed by atoms with E-state index in [0.29, 0.717) is 36.4 Å². The highest BCUT2D eigenvalue weighted by Gasteiger charge is 2.25. The summed E-state index contributed by atoms with van der Waals surface area (Å²) in [4.78, 5) is 51.2. The first-order valence-corrected chi connectivity index (χ1v) is 10.0. The minimum absolute atomic E-state index is 0.0758. The third-order valence-corrected chi connectivity index (χ3v) is 6.40. The molecule has 3 N–H and O–H groups in total. The molecule has 1 amide bonds. The number of hydrogen-bond donors (Lipinski definition) is 3. The number of aromatic amines is 2. The zero-order chi connectivity index (χ0) is 19.8. The number of amides is 1. The van der Waals surface area contributed by atoms with Gasteiger partial charge in [-0.2, -0.15) is 0 Å². The Morgan fingerprint density at radius 1 is 1.25 bits per heavy atom. The Bertz CT molecular complexity index is 1130. The van der Waals surface area contributed by atoms with Crippen LogP contribution in [0.3, 0.4) is 0 Å². The van der Waals surface area contributed by atoms with Gasteiger partial charge in [-0.1, -0.05) is 0 Å². The molecule has 0 saturated carbocycles. The molecule has 1 fully saturated rings. The molecule has 1 aliphatic heterocycles. The fraction of sp³-hybridized carbons (Fsp3) is 0.368. The number of carbonyl (C=O) groups is 1. The average molecular weight is 400 g/mol. The molecule has 1 saturated heterocycles. The SMILES string of the molecule is Cc1sc2nc(C[NH+]3CCN(C(=O)c4ccc(=O)[nH]c4)CC3)[nH]c(=O)c2c1C. The molecule has 28 heavy (non-hydrogen) atoms. The Morgan fingerprint density at radius 3 is 2.68 bits per heavy atom. The van der Waals surface area contributed by atoms with Crippen molar-refractivity contribution < 1.29 is 9.69 Å². The van der Waals surface area contributed by atoms with Crippen LogP contribution in [0.2, 0.25) is 0 Å². The highest BCUT2D eigenvalue weighted by atomic mass is 32.1. The number of fused-ring (bicyclic) bond motifs is 1. The van der Waals surface area contributed by atoms with E-state index in [0.717, 1.165) is 28.4 Å². The highest BCUT2D eigenvalue weighted by Crippen LogP contribution is 2.25. The van der Waals surface area contributed by atoms with Crippen molar-refractivity contribution in [2.45, 2.75) is 20.4 Å². The maximum absolute atomic E-state index is 12.5. The normalized spacial score (nSPS) is 15.3. The smallest absolute Gasteiger partial charge is 0.260 e. The van der Waals surface area contributed by atoms with E-state index in [4.69, 9.17) is 0 Å². The number of aryl methyl sites for hydroxylation is 2. The molecule has 3 aromatic rings. The predicted molar refractivity (Wildman–Crippen MR) is 107 cm³/mol. The Hall–Kier alpha value is -2.78. The monoisotopic (exact) mass is 400 g/mol. The topological polar surface area (TPSA) is 103 Å². The third kappa shape index (κ3) is 3.50. The van der Waals surface area contributed by atoms with Crippen LogP contribution in [0.5, 0.6) is 0 Å². The summed E-state index contributed by atoms with van der Waals surface area (Å²) in [7, 11) is 0. The summed E-state index contributed by atoms with van der Waals surface area (Å²) >= 11 is 1.55. The van der Waals surface area contributed by atoms with E-state index in [9.17, 15) is 14.4 Å². The lowest BCUT2D eigenvalue weighted by molar-refractivity contribution is -0.918. The molecule has 0 bridgehead atoms. The van der Waals surface area contributed by atoms with Crippen molar-refractivity contribution in [1.82, 2.24) is 19.9 Å². The molecule has 0 radical (unpaired) electrons. The lowest BCUT2D eigenvalue weighted by Gasteiger charge is -2.32. The standard InChI is InChI=1S/C19H21N5O3S/c1-11-12(2)28-18-16(11)17(26)21-14(22-18)10-23-5-7-24(8-6-23)19(27)13-3-4-15(25)20-9-13/h3-4,9H,5-8,10H2,1-2H3,(H,20,25)(H,21,22,26)/p+1. The van der Waals surface area contributed by atoms with E-state index < -0.39 is 0 Å². The van der Waals surface area contributed by atoms with Crippen molar-refractivity contribution in [3.05, 3.63) is 60.9 Å². The molecule has 4 heterocycles. The van der Waals surface area contributed by atoms with Crippen LogP contribution in [-0.4, -0.2) is 51.9 Å². The van der Waals surface area contributed by atoms with Gasteiger partial charge in [0.15, 0.2) is 5.82 Å². The van der Waals surface area contributed by atoms with E-state index in [1.54, 1.807) is 22.3 Å². The number of carbonyl (C=O) groups excluding carboxylic acids is 1. The zero-order valence-corrected chi connectivity index (χ0v) is 16.6. The fourth-order valence-corrected chi connectivity index (χ4v) is 4.60. The number of H-pyrrole nitrogens is 2. The number of piperazine rings is 1. The second-order valence-corrected chi connectivity index (χ2v) is 8.34. The maximum atomic E-state index is 12.5. The molecule has 3 aromatic heterocycles. The van der Waals surface area contributed by atoms with Gasteiger partial charge in [-0.3, -0.25) is 14.4 Å². The van der Waals surface area contributed by atoms with Crippen LogP contribution >= 0.6 is 11.3 Å². The number of hydrogen-bond acceptors (Lipinski definition) is 5. The first-order chi connectivity index (χ1) is 13.4. The van der Waals surface area contributed by atoms with Crippen molar-refractivity contribution in [2.24, 2.45) is 0 Å². The average Bonchev–Trinajstić information content (AvgIpc) is 2.96. The molecular weight excluding hydrogens is 378 g/mol. The van der Waals surface area contributed by atoms with Crippen LogP contribution in [0, 0.1) is 13.8 Å². The van der Waals surface area contributed by atoms with Crippen LogP contribution in [0.4, 0.5) is 0 Å². The van der Waals surface area contributed by atoms with Gasteiger partial charge < -0.3 is 19.8 Å². The summed E-state index contributed by atoms with van der Waals surface area (Å²) in [6.45, 7) is 7.38. The number of rotatable bonds is 3. The summed E-state index contributed by atoms with van der Waals surface area (Å²) in [5.41, 5.74) is 1.19. The van der Waals surface area contributed by atoms with E-state index in [-0.39, 0.29) is 17.0 Å². The Balaban J connectivity index is 1.42. The van der Waals surface area contributed by atoms with Gasteiger partial charge in [-0.25, -0.2) is 4.98 Å². The summed E-state index contributed by atoms with van der Waals surface area (Å²) < 4.78 is 0. The van der Waals surface area contributed by atoms with Crippen LogP contribution in [0.25, 0.3) is 10.2 Å². The van der Waals surface area contributed by atoms with Gasteiger partial charge in [0.2, 0.25) is 5.56 Å². The van der Waals surface area contributed by atoms with Gasteiger partial charge >= 0.3 is 0 Å². The molecular formula is C19H22N5O3S+. The van der Waals surface area contributed by atoms with Crippen LogP contribution < -0.4 is 16.0 Å². The first-order valence-electron chi connectivity index (χ1n) is 9.23. The highest BCUT2D eigenvalue weighted by molar-refractivity contribution is 7.18. The van der Waals surface area contributed by atoms with Crippen molar-refractivity contribution in [2.75, 3.05) is 26.2 Å². The van der Waals surface area contributed by atoms with Gasteiger partial charge in [0.25, 0.3) is 11.5 Å². The number of quaternary nitrogens is 1.